The van der Waals surface area contributed by atoms with Gasteiger partial charge in [-0.3, -0.25) is 9.00 Å². The van der Waals surface area contributed by atoms with Gasteiger partial charge in [-0.15, -0.1) is 0 Å². The first-order valence-electron chi connectivity index (χ1n) is 6.32. The molecular weight excluding hydrogens is 294 g/mol. The molecule has 2 aromatic rings. The number of rotatable bonds is 5. The maximum absolute atomic E-state index is 11.8. The third kappa shape index (κ3) is 3.55. The molecule has 1 aromatic carbocycles. The van der Waals surface area contributed by atoms with Crippen LogP contribution in [0.1, 0.15) is 20.3 Å². The third-order valence-electron chi connectivity index (χ3n) is 2.96. The Morgan fingerprint density at radius 2 is 2.30 bits per heavy atom. The first-order chi connectivity index (χ1) is 9.49. The maximum atomic E-state index is 11.8. The van der Waals surface area contributed by atoms with Crippen molar-refractivity contribution in [3.05, 3.63) is 18.2 Å². The van der Waals surface area contributed by atoms with Crippen LogP contribution in [0, 0.1) is 0 Å². The summed E-state index contributed by atoms with van der Waals surface area (Å²) in [6.07, 6.45) is 0.792. The number of hydrogen-bond acceptors (Lipinski definition) is 5. The highest BCUT2D eigenvalue weighted by Crippen LogP contribution is 2.27. The number of amides is 1. The zero-order valence-electron chi connectivity index (χ0n) is 11.4. The third-order valence-corrected chi connectivity index (χ3v) is 5.67. The molecule has 108 valence electrons. The predicted molar refractivity (Wildman–Crippen MR) is 85.4 cm³/mol. The van der Waals surface area contributed by atoms with Crippen LogP contribution in [0.2, 0.25) is 0 Å². The van der Waals surface area contributed by atoms with E-state index in [9.17, 15) is 9.00 Å². The topological polar surface area (TPSA) is 85.1 Å². The minimum atomic E-state index is -1.15. The van der Waals surface area contributed by atoms with Crippen molar-refractivity contribution in [2.24, 2.45) is 0 Å². The van der Waals surface area contributed by atoms with E-state index in [1.807, 2.05) is 26.0 Å². The van der Waals surface area contributed by atoms with Crippen LogP contribution in [-0.4, -0.2) is 26.1 Å². The van der Waals surface area contributed by atoms with Gasteiger partial charge >= 0.3 is 0 Å². The molecular formula is C13H17N3O2S2. The van der Waals surface area contributed by atoms with Crippen LogP contribution in [0.5, 0.6) is 0 Å². The number of thiazole rings is 1. The minimum absolute atomic E-state index is 0.00701. The predicted octanol–water partition coefficient (Wildman–Crippen LogP) is 2.36. The van der Waals surface area contributed by atoms with Gasteiger partial charge in [0.15, 0.2) is 5.13 Å². The highest BCUT2D eigenvalue weighted by Gasteiger charge is 2.15. The molecule has 2 rings (SSSR count). The van der Waals surface area contributed by atoms with Crippen LogP contribution in [0.25, 0.3) is 10.2 Å². The monoisotopic (exact) mass is 311 g/mol. The van der Waals surface area contributed by atoms with E-state index < -0.39 is 10.8 Å². The number of nitrogens with zero attached hydrogens (tertiary/aromatic N) is 1. The summed E-state index contributed by atoms with van der Waals surface area (Å²) in [6.45, 7) is 3.84. The lowest BCUT2D eigenvalue weighted by Crippen LogP contribution is -2.24. The number of nitrogens with two attached hydrogens (primary N) is 1. The van der Waals surface area contributed by atoms with Gasteiger partial charge < -0.3 is 11.1 Å². The average Bonchev–Trinajstić information content (AvgIpc) is 2.78. The van der Waals surface area contributed by atoms with Gasteiger partial charge in [-0.05, 0) is 24.6 Å². The number of hydrogen-bond donors (Lipinski definition) is 2. The highest BCUT2D eigenvalue weighted by molar-refractivity contribution is 7.86. The van der Waals surface area contributed by atoms with E-state index in [-0.39, 0.29) is 16.9 Å². The Morgan fingerprint density at radius 1 is 1.55 bits per heavy atom. The van der Waals surface area contributed by atoms with Crippen molar-refractivity contribution < 1.29 is 9.00 Å². The average molecular weight is 311 g/mol. The summed E-state index contributed by atoms with van der Waals surface area (Å²) >= 11 is 1.36. The minimum Gasteiger partial charge on any atom is -0.399 e. The van der Waals surface area contributed by atoms with Crippen LogP contribution in [-0.2, 0) is 15.6 Å². The molecule has 0 fully saturated rings. The van der Waals surface area contributed by atoms with Crippen molar-refractivity contribution >= 4 is 49.1 Å². The molecule has 0 aliphatic rings. The number of aromatic nitrogens is 1. The Kier molecular flexibility index (Phi) is 4.72. The van der Waals surface area contributed by atoms with Gasteiger partial charge in [0.25, 0.3) is 0 Å². The van der Waals surface area contributed by atoms with E-state index in [0.29, 0.717) is 10.8 Å². The van der Waals surface area contributed by atoms with Crippen molar-refractivity contribution in [1.29, 1.82) is 0 Å². The number of carbonyl (C=O) groups is 1. The van der Waals surface area contributed by atoms with Crippen molar-refractivity contribution in [3.8, 4) is 0 Å². The Labute approximate surface area is 124 Å². The zero-order chi connectivity index (χ0) is 14.7. The van der Waals surface area contributed by atoms with Gasteiger partial charge in [-0.25, -0.2) is 4.98 Å². The Balaban J connectivity index is 2.04. The molecule has 0 aliphatic heterocycles. The molecule has 0 bridgehead atoms. The number of nitrogens with one attached hydrogen (secondary N) is 1. The molecule has 0 saturated heterocycles. The van der Waals surface area contributed by atoms with Gasteiger partial charge in [-0.2, -0.15) is 0 Å². The standard InChI is InChI=1S/C13H17N3O2S2/c1-3-8(2)20(18)7-12(17)16-13-15-10-5-4-9(14)6-11(10)19-13/h4-6,8H,3,7,14H2,1-2H3,(H,15,16,17). The fourth-order valence-electron chi connectivity index (χ4n) is 1.61. The summed E-state index contributed by atoms with van der Waals surface area (Å²) < 4.78 is 12.7. The lowest BCUT2D eigenvalue weighted by Gasteiger charge is -2.07. The van der Waals surface area contributed by atoms with E-state index >= 15 is 0 Å². The quantitative estimate of drug-likeness (QED) is 0.830. The highest BCUT2D eigenvalue weighted by atomic mass is 32.2. The summed E-state index contributed by atoms with van der Waals surface area (Å²) in [5.74, 6) is -0.261. The zero-order valence-corrected chi connectivity index (χ0v) is 13.0. The fourth-order valence-corrected chi connectivity index (χ4v) is 3.52. The Morgan fingerprint density at radius 3 is 3.00 bits per heavy atom. The van der Waals surface area contributed by atoms with Gasteiger partial charge in [0.2, 0.25) is 5.91 Å². The van der Waals surface area contributed by atoms with Crippen LogP contribution in [0.3, 0.4) is 0 Å². The number of anilines is 2. The van der Waals surface area contributed by atoms with Gasteiger partial charge in [-0.1, -0.05) is 25.2 Å². The molecule has 0 aliphatic carbocycles. The molecule has 0 saturated carbocycles. The van der Waals surface area contributed by atoms with Crippen molar-refractivity contribution in [1.82, 2.24) is 4.98 Å². The van der Waals surface area contributed by atoms with Crippen molar-refractivity contribution in [2.45, 2.75) is 25.5 Å². The van der Waals surface area contributed by atoms with Crippen molar-refractivity contribution in [2.75, 3.05) is 16.8 Å². The molecule has 3 N–H and O–H groups in total. The number of benzene rings is 1. The SMILES string of the molecule is CCC(C)S(=O)CC(=O)Nc1nc2ccc(N)cc2s1. The first-order valence-corrected chi connectivity index (χ1v) is 8.52. The van der Waals surface area contributed by atoms with E-state index in [2.05, 4.69) is 10.3 Å². The second-order valence-electron chi connectivity index (χ2n) is 4.54. The summed E-state index contributed by atoms with van der Waals surface area (Å²) in [6, 6.07) is 5.40. The van der Waals surface area contributed by atoms with Crippen LogP contribution >= 0.6 is 11.3 Å². The van der Waals surface area contributed by atoms with Crippen LogP contribution < -0.4 is 11.1 Å². The normalized spacial score (nSPS) is 14.1. The van der Waals surface area contributed by atoms with Crippen molar-refractivity contribution in [3.63, 3.8) is 0 Å². The van der Waals surface area contributed by atoms with Crippen LogP contribution in [0.4, 0.5) is 10.8 Å². The van der Waals surface area contributed by atoms with E-state index in [1.165, 1.54) is 11.3 Å². The second kappa shape index (κ2) is 6.32. The first kappa shape index (κ1) is 14.9. The summed E-state index contributed by atoms with van der Waals surface area (Å²) in [4.78, 5) is 16.1. The number of nitrogen functional groups attached to an aromatic ring is 1. The van der Waals surface area contributed by atoms with Crippen LogP contribution in [0.15, 0.2) is 18.2 Å². The summed E-state index contributed by atoms with van der Waals surface area (Å²) in [5.41, 5.74) is 7.16. The summed E-state index contributed by atoms with van der Waals surface area (Å²) in [7, 11) is -1.15. The Bertz CT molecular complexity index is 654. The molecule has 20 heavy (non-hydrogen) atoms. The number of fused-ring (bicyclic) bond motifs is 1. The van der Waals surface area contributed by atoms with Gasteiger partial charge in [0.1, 0.15) is 5.75 Å². The smallest absolute Gasteiger partial charge is 0.238 e. The molecule has 1 heterocycles. The van der Waals surface area contributed by atoms with Gasteiger partial charge in [0, 0.05) is 21.7 Å². The lowest BCUT2D eigenvalue weighted by molar-refractivity contribution is -0.113. The van der Waals surface area contributed by atoms with Gasteiger partial charge in [0.05, 0.1) is 10.2 Å². The molecule has 2 unspecified atom stereocenters. The molecule has 5 nitrogen and oxygen atoms in total. The summed E-state index contributed by atoms with van der Waals surface area (Å²) in [5, 5.41) is 3.23. The Hall–Kier alpha value is -1.47. The fraction of sp³-hybridized carbons (Fsp3) is 0.385. The van der Waals surface area contributed by atoms with E-state index in [0.717, 1.165) is 16.6 Å². The molecule has 1 aromatic heterocycles. The molecule has 0 radical (unpaired) electrons. The molecule has 2 atom stereocenters. The number of carbonyl (C=O) groups excluding carboxylic acids is 1. The maximum Gasteiger partial charge on any atom is 0.238 e. The second-order valence-corrected chi connectivity index (χ2v) is 7.42. The largest absolute Gasteiger partial charge is 0.399 e. The lowest BCUT2D eigenvalue weighted by atomic mass is 10.3. The molecule has 7 heteroatoms. The molecule has 1 amide bonds. The van der Waals surface area contributed by atoms with E-state index in [4.69, 9.17) is 5.73 Å². The van der Waals surface area contributed by atoms with E-state index in [1.54, 1.807) is 6.07 Å². The molecule has 0 spiro atoms.